The smallest absolute Gasteiger partial charge is 0.238 e. The third-order valence-corrected chi connectivity index (χ3v) is 9.50. The van der Waals surface area contributed by atoms with Crippen LogP contribution in [-0.2, 0) is 0 Å². The van der Waals surface area contributed by atoms with Crippen LogP contribution in [0.3, 0.4) is 0 Å². The Kier molecular flexibility index (Phi) is 5.16. The van der Waals surface area contributed by atoms with Gasteiger partial charge >= 0.3 is 0 Å². The highest BCUT2D eigenvalue weighted by molar-refractivity contribution is 7.25. The molecule has 4 nitrogen and oxygen atoms in total. The Hall–Kier alpha value is -5.13. The molecule has 0 aliphatic heterocycles. The van der Waals surface area contributed by atoms with Crippen molar-refractivity contribution in [3.05, 3.63) is 133 Å². The Morgan fingerprint density at radius 3 is 2.36 bits per heavy atom. The topological polar surface area (TPSA) is 43.6 Å². The first kappa shape index (κ1) is 23.6. The van der Waals surface area contributed by atoms with Gasteiger partial charge in [0.05, 0.1) is 11.0 Å². The quantitative estimate of drug-likeness (QED) is 0.218. The minimum atomic E-state index is 0.0927. The second kappa shape index (κ2) is 9.20. The van der Waals surface area contributed by atoms with E-state index >= 15 is 0 Å². The van der Waals surface area contributed by atoms with E-state index in [9.17, 15) is 0 Å². The predicted octanol–water partition coefficient (Wildman–Crippen LogP) is 9.76. The molecule has 0 spiro atoms. The van der Waals surface area contributed by atoms with Crippen molar-refractivity contribution in [1.29, 1.82) is 0 Å². The minimum absolute atomic E-state index is 0.0927. The normalized spacial score (nSPS) is 15.1. The summed E-state index contributed by atoms with van der Waals surface area (Å²) in [5, 5.41) is 7.37. The highest BCUT2D eigenvalue weighted by atomic mass is 32.1. The first-order chi connectivity index (χ1) is 20.8. The van der Waals surface area contributed by atoms with Gasteiger partial charge in [-0.2, -0.15) is 9.97 Å². The van der Waals surface area contributed by atoms with E-state index in [1.54, 1.807) is 0 Å². The number of allylic oxidation sites excluding steroid dienone is 4. The van der Waals surface area contributed by atoms with Crippen LogP contribution in [0.5, 0.6) is 0 Å². The van der Waals surface area contributed by atoms with Gasteiger partial charge in [-0.25, -0.2) is 4.98 Å². The Morgan fingerprint density at radius 2 is 1.45 bits per heavy atom. The number of benzene rings is 5. The fourth-order valence-electron chi connectivity index (χ4n) is 6.37. The Morgan fingerprint density at radius 1 is 0.643 bits per heavy atom. The standard InChI is InChI=1S/C37H24N4S/c1-2-11-24(12-3-1)35-38-36(25-19-21-33-29(22-25)27-14-7-9-17-32(27)42-33)40-37(39-35)41-30-16-8-6-15-28(30)34-26-13-5-4-10-23(26)18-20-31(34)41/h1-11,13-22,24H,12H2. The van der Waals surface area contributed by atoms with E-state index in [2.05, 4.69) is 132 Å². The molecule has 3 aromatic heterocycles. The van der Waals surface area contributed by atoms with Crippen molar-refractivity contribution in [3.63, 3.8) is 0 Å². The van der Waals surface area contributed by atoms with Crippen LogP contribution in [-0.4, -0.2) is 19.5 Å². The first-order valence-corrected chi connectivity index (χ1v) is 15.1. The lowest BCUT2D eigenvalue weighted by Crippen LogP contribution is -2.11. The Bertz CT molecular complexity index is 2410. The van der Waals surface area contributed by atoms with E-state index in [0.29, 0.717) is 11.8 Å². The van der Waals surface area contributed by atoms with Gasteiger partial charge in [0, 0.05) is 42.4 Å². The summed E-state index contributed by atoms with van der Waals surface area (Å²) in [5.74, 6) is 2.23. The van der Waals surface area contributed by atoms with E-state index in [1.165, 1.54) is 41.7 Å². The minimum Gasteiger partial charge on any atom is -0.278 e. The SMILES string of the molecule is C1=CCC(c2nc(-c3ccc4sc5ccccc5c4c3)nc(-n3c4ccccc4c4c5ccccc5ccc43)n2)C=C1. The monoisotopic (exact) mass is 556 g/mol. The second-order valence-electron chi connectivity index (χ2n) is 10.8. The van der Waals surface area contributed by atoms with E-state index in [4.69, 9.17) is 15.0 Å². The molecule has 0 saturated heterocycles. The first-order valence-electron chi connectivity index (χ1n) is 14.2. The van der Waals surface area contributed by atoms with Crippen molar-refractivity contribution in [2.75, 3.05) is 0 Å². The molecule has 198 valence electrons. The van der Waals surface area contributed by atoms with E-state index < -0.39 is 0 Å². The van der Waals surface area contributed by atoms with E-state index in [0.717, 1.165) is 28.8 Å². The molecule has 3 heterocycles. The highest BCUT2D eigenvalue weighted by Gasteiger charge is 2.21. The van der Waals surface area contributed by atoms with Crippen LogP contribution in [0.4, 0.5) is 0 Å². The fraction of sp³-hybridized carbons (Fsp3) is 0.0541. The summed E-state index contributed by atoms with van der Waals surface area (Å²) in [6.07, 6.45) is 9.42. The van der Waals surface area contributed by atoms with Gasteiger partial charge < -0.3 is 0 Å². The van der Waals surface area contributed by atoms with Gasteiger partial charge in [-0.3, -0.25) is 4.57 Å². The molecule has 5 heteroatoms. The molecule has 0 fully saturated rings. The Balaban J connectivity index is 1.34. The highest BCUT2D eigenvalue weighted by Crippen LogP contribution is 2.38. The molecule has 1 atom stereocenters. The molecule has 1 aliphatic carbocycles. The number of thiophene rings is 1. The molecule has 42 heavy (non-hydrogen) atoms. The van der Waals surface area contributed by atoms with Gasteiger partial charge in [-0.15, -0.1) is 11.3 Å². The second-order valence-corrected chi connectivity index (χ2v) is 11.9. The number of fused-ring (bicyclic) bond motifs is 8. The average Bonchev–Trinajstić information content (AvgIpc) is 3.60. The fourth-order valence-corrected chi connectivity index (χ4v) is 7.45. The van der Waals surface area contributed by atoms with Crippen LogP contribution < -0.4 is 0 Å². The van der Waals surface area contributed by atoms with Gasteiger partial charge in [0.15, 0.2) is 5.82 Å². The maximum atomic E-state index is 5.19. The van der Waals surface area contributed by atoms with Gasteiger partial charge in [-0.1, -0.05) is 91.0 Å². The molecule has 0 radical (unpaired) electrons. The van der Waals surface area contributed by atoms with Crippen LogP contribution >= 0.6 is 11.3 Å². The number of aromatic nitrogens is 4. The van der Waals surface area contributed by atoms with Crippen molar-refractivity contribution in [3.8, 4) is 17.3 Å². The number of rotatable bonds is 3. The number of hydrogen-bond acceptors (Lipinski definition) is 4. The molecule has 0 bridgehead atoms. The molecule has 5 aromatic carbocycles. The van der Waals surface area contributed by atoms with Gasteiger partial charge in [0.2, 0.25) is 5.95 Å². The molecule has 8 aromatic rings. The maximum Gasteiger partial charge on any atom is 0.238 e. The van der Waals surface area contributed by atoms with Gasteiger partial charge in [-0.05, 0) is 53.6 Å². The van der Waals surface area contributed by atoms with E-state index in [1.807, 2.05) is 11.3 Å². The molecule has 9 rings (SSSR count). The molecule has 0 amide bonds. The molecular formula is C37H24N4S. The predicted molar refractivity (Wildman–Crippen MR) is 176 cm³/mol. The average molecular weight is 557 g/mol. The molecule has 0 N–H and O–H groups in total. The van der Waals surface area contributed by atoms with Crippen LogP contribution in [0.2, 0.25) is 0 Å². The zero-order valence-electron chi connectivity index (χ0n) is 22.6. The van der Waals surface area contributed by atoms with Gasteiger partial charge in [0.1, 0.15) is 5.82 Å². The summed E-state index contributed by atoms with van der Waals surface area (Å²) in [6, 6.07) is 36.7. The number of para-hydroxylation sites is 1. The summed E-state index contributed by atoms with van der Waals surface area (Å²) < 4.78 is 4.77. The van der Waals surface area contributed by atoms with Crippen molar-refractivity contribution in [2.45, 2.75) is 12.3 Å². The van der Waals surface area contributed by atoms with Crippen LogP contribution in [0.15, 0.2) is 127 Å². The van der Waals surface area contributed by atoms with Crippen molar-refractivity contribution < 1.29 is 0 Å². The molecule has 0 saturated carbocycles. The zero-order chi connectivity index (χ0) is 27.6. The van der Waals surface area contributed by atoms with Gasteiger partial charge in [0.25, 0.3) is 0 Å². The lowest BCUT2D eigenvalue weighted by Gasteiger charge is -2.15. The van der Waals surface area contributed by atoms with Crippen molar-refractivity contribution in [1.82, 2.24) is 19.5 Å². The molecule has 1 aliphatic rings. The van der Waals surface area contributed by atoms with Crippen LogP contribution in [0.1, 0.15) is 18.2 Å². The number of nitrogens with zero attached hydrogens (tertiary/aromatic N) is 4. The summed E-state index contributed by atoms with van der Waals surface area (Å²) in [6.45, 7) is 0. The van der Waals surface area contributed by atoms with E-state index in [-0.39, 0.29) is 5.92 Å². The largest absolute Gasteiger partial charge is 0.278 e. The lowest BCUT2D eigenvalue weighted by atomic mass is 10.00. The summed E-state index contributed by atoms with van der Waals surface area (Å²) in [4.78, 5) is 15.5. The zero-order valence-corrected chi connectivity index (χ0v) is 23.4. The summed E-state index contributed by atoms with van der Waals surface area (Å²) >= 11 is 1.82. The summed E-state index contributed by atoms with van der Waals surface area (Å²) in [7, 11) is 0. The van der Waals surface area contributed by atoms with Crippen LogP contribution in [0, 0.1) is 0 Å². The number of hydrogen-bond donors (Lipinski definition) is 0. The summed E-state index contributed by atoms with van der Waals surface area (Å²) in [5.41, 5.74) is 3.18. The third kappa shape index (κ3) is 3.57. The molecular weight excluding hydrogens is 533 g/mol. The third-order valence-electron chi connectivity index (χ3n) is 8.35. The van der Waals surface area contributed by atoms with Crippen molar-refractivity contribution in [2.24, 2.45) is 0 Å². The van der Waals surface area contributed by atoms with Crippen molar-refractivity contribution >= 4 is 64.1 Å². The lowest BCUT2D eigenvalue weighted by molar-refractivity contribution is 0.750. The maximum absolute atomic E-state index is 5.19. The Labute approximate surface area is 245 Å². The van der Waals surface area contributed by atoms with Crippen LogP contribution in [0.25, 0.3) is 70.1 Å². The molecule has 1 unspecified atom stereocenters.